The van der Waals surface area contributed by atoms with Gasteiger partial charge in [-0.25, -0.2) is 4.79 Å². The molecule has 1 atom stereocenters. The van der Waals surface area contributed by atoms with Crippen molar-refractivity contribution in [3.63, 3.8) is 0 Å². The van der Waals surface area contributed by atoms with Crippen LogP contribution < -0.4 is 4.74 Å². The van der Waals surface area contributed by atoms with Gasteiger partial charge < -0.3 is 9.47 Å². The van der Waals surface area contributed by atoms with Crippen molar-refractivity contribution in [1.82, 2.24) is 0 Å². The van der Waals surface area contributed by atoms with Crippen LogP contribution in [-0.4, -0.2) is 34.2 Å². The van der Waals surface area contributed by atoms with Gasteiger partial charge in [-0.15, -0.1) is 0 Å². The average molecular weight is 461 g/mol. The van der Waals surface area contributed by atoms with Crippen LogP contribution in [0.15, 0.2) is 47.4 Å². The summed E-state index contributed by atoms with van der Waals surface area (Å²) in [5, 5.41) is 0. The number of hydrogen-bond acceptors (Lipinski definition) is 6. The van der Waals surface area contributed by atoms with Gasteiger partial charge in [-0.05, 0) is 61.9 Å². The van der Waals surface area contributed by atoms with Gasteiger partial charge in [-0.3, -0.25) is 4.18 Å². The zero-order valence-electron chi connectivity index (χ0n) is 19.0. The quantitative estimate of drug-likeness (QED) is 0.384. The number of ether oxygens (including phenoxy) is 2. The number of aryl methyl sites for hydroxylation is 2. The Morgan fingerprint density at radius 3 is 2.31 bits per heavy atom. The number of carbonyl (C=O) groups excluding carboxylic acids is 1. The lowest BCUT2D eigenvalue weighted by Crippen LogP contribution is -2.31. The molecule has 1 fully saturated rings. The van der Waals surface area contributed by atoms with Crippen molar-refractivity contribution in [2.45, 2.75) is 69.3 Å². The molecule has 7 heteroatoms. The first-order valence-electron chi connectivity index (χ1n) is 11.1. The van der Waals surface area contributed by atoms with Gasteiger partial charge in [0.2, 0.25) is 0 Å². The smallest absolute Gasteiger partial charge is 0.347 e. The molecule has 2 aromatic carbocycles. The number of rotatable bonds is 9. The standard InChI is InChI=1S/C25H32O6S/c1-18-9-12-21(13-10-18)32(27,28)30-16-15-23(25(26)29-3)31-24-17-19(2)11-14-22(24)20-7-5-4-6-8-20/h9-14,17,20,23H,4-8,15-16H2,1-3H3. The first kappa shape index (κ1) is 24.3. The van der Waals surface area contributed by atoms with Crippen LogP contribution in [0.3, 0.4) is 0 Å². The summed E-state index contributed by atoms with van der Waals surface area (Å²) in [5.41, 5.74) is 3.08. The minimum absolute atomic E-state index is 0.0514. The topological polar surface area (TPSA) is 78.9 Å². The number of benzene rings is 2. The van der Waals surface area contributed by atoms with E-state index in [1.165, 1.54) is 38.5 Å². The van der Waals surface area contributed by atoms with Crippen molar-refractivity contribution in [3.05, 3.63) is 59.2 Å². The molecule has 1 aliphatic rings. The van der Waals surface area contributed by atoms with Crippen LogP contribution in [0.25, 0.3) is 0 Å². The van der Waals surface area contributed by atoms with Crippen molar-refractivity contribution in [3.8, 4) is 5.75 Å². The fourth-order valence-corrected chi connectivity index (χ4v) is 4.96. The Kier molecular flexibility index (Phi) is 8.32. The monoisotopic (exact) mass is 460 g/mol. The van der Waals surface area contributed by atoms with Gasteiger partial charge in [-0.1, -0.05) is 49.1 Å². The molecule has 0 N–H and O–H groups in total. The van der Waals surface area contributed by atoms with Gasteiger partial charge >= 0.3 is 5.97 Å². The molecule has 3 rings (SSSR count). The van der Waals surface area contributed by atoms with E-state index in [4.69, 9.17) is 13.7 Å². The number of hydrogen-bond donors (Lipinski definition) is 0. The van der Waals surface area contributed by atoms with Gasteiger partial charge in [0.1, 0.15) is 5.75 Å². The molecule has 0 spiro atoms. The highest BCUT2D eigenvalue weighted by Crippen LogP contribution is 2.38. The maximum absolute atomic E-state index is 12.4. The van der Waals surface area contributed by atoms with Crippen molar-refractivity contribution in [2.24, 2.45) is 0 Å². The van der Waals surface area contributed by atoms with Crippen LogP contribution >= 0.6 is 0 Å². The van der Waals surface area contributed by atoms with Crippen LogP contribution in [0.1, 0.15) is 61.1 Å². The third-order valence-electron chi connectivity index (χ3n) is 5.88. The SMILES string of the molecule is COC(=O)C(CCOS(=O)(=O)c1ccc(C)cc1)Oc1cc(C)ccc1C1CCCCC1. The molecule has 1 aliphatic carbocycles. The molecule has 0 heterocycles. The summed E-state index contributed by atoms with van der Waals surface area (Å²) in [6.45, 7) is 3.66. The van der Waals surface area contributed by atoms with E-state index in [2.05, 4.69) is 12.1 Å². The third-order valence-corrected chi connectivity index (χ3v) is 7.20. The second-order valence-electron chi connectivity index (χ2n) is 8.38. The highest BCUT2D eigenvalue weighted by atomic mass is 32.2. The summed E-state index contributed by atoms with van der Waals surface area (Å²) in [6, 6.07) is 12.5. The molecule has 0 aromatic heterocycles. The van der Waals surface area contributed by atoms with E-state index in [-0.39, 0.29) is 17.9 Å². The summed E-state index contributed by atoms with van der Waals surface area (Å²) in [6.07, 6.45) is 4.90. The Labute approximate surface area is 191 Å². The second-order valence-corrected chi connectivity index (χ2v) is 10.00. The van der Waals surface area contributed by atoms with Crippen LogP contribution in [0.4, 0.5) is 0 Å². The van der Waals surface area contributed by atoms with Gasteiger partial charge in [0.15, 0.2) is 6.10 Å². The minimum atomic E-state index is -3.92. The Hall–Kier alpha value is -2.38. The van der Waals surface area contributed by atoms with E-state index >= 15 is 0 Å². The molecule has 0 saturated heterocycles. The lowest BCUT2D eigenvalue weighted by Gasteiger charge is -2.26. The Morgan fingerprint density at radius 1 is 1.00 bits per heavy atom. The highest BCUT2D eigenvalue weighted by molar-refractivity contribution is 7.86. The van der Waals surface area contributed by atoms with E-state index in [0.29, 0.717) is 11.7 Å². The molecule has 1 saturated carbocycles. The van der Waals surface area contributed by atoms with Gasteiger partial charge in [0.05, 0.1) is 18.6 Å². The fourth-order valence-electron chi connectivity index (χ4n) is 4.04. The largest absolute Gasteiger partial charge is 0.478 e. The zero-order chi connectivity index (χ0) is 23.1. The molecule has 174 valence electrons. The van der Waals surface area contributed by atoms with Crippen molar-refractivity contribution in [2.75, 3.05) is 13.7 Å². The van der Waals surface area contributed by atoms with Crippen molar-refractivity contribution >= 4 is 16.1 Å². The molecule has 0 radical (unpaired) electrons. The molecule has 0 aliphatic heterocycles. The Morgan fingerprint density at radius 2 is 1.66 bits per heavy atom. The summed E-state index contributed by atoms with van der Waals surface area (Å²) in [4.78, 5) is 12.5. The van der Waals surface area contributed by atoms with E-state index in [1.807, 2.05) is 19.9 Å². The normalized spacial score (nSPS) is 15.8. The Bertz CT molecular complexity index is 1010. The number of methoxy groups -OCH3 is 1. The highest BCUT2D eigenvalue weighted by Gasteiger charge is 2.26. The molecule has 0 bridgehead atoms. The van der Waals surface area contributed by atoms with Crippen molar-refractivity contribution < 1.29 is 26.9 Å². The first-order chi connectivity index (χ1) is 15.3. The van der Waals surface area contributed by atoms with Crippen LogP contribution in [0.5, 0.6) is 5.75 Å². The van der Waals surface area contributed by atoms with E-state index in [0.717, 1.165) is 29.5 Å². The number of esters is 1. The van der Waals surface area contributed by atoms with E-state index in [9.17, 15) is 13.2 Å². The lowest BCUT2D eigenvalue weighted by atomic mass is 9.83. The third kappa shape index (κ3) is 6.33. The summed E-state index contributed by atoms with van der Waals surface area (Å²) >= 11 is 0. The summed E-state index contributed by atoms with van der Waals surface area (Å²) in [5.74, 6) is 0.502. The summed E-state index contributed by atoms with van der Waals surface area (Å²) in [7, 11) is -2.63. The van der Waals surface area contributed by atoms with E-state index < -0.39 is 22.2 Å². The molecular weight excluding hydrogens is 428 g/mol. The number of carbonyl (C=O) groups is 1. The predicted molar refractivity (Wildman–Crippen MR) is 122 cm³/mol. The molecule has 2 aromatic rings. The van der Waals surface area contributed by atoms with Crippen LogP contribution in [0.2, 0.25) is 0 Å². The lowest BCUT2D eigenvalue weighted by molar-refractivity contribution is -0.149. The van der Waals surface area contributed by atoms with E-state index in [1.54, 1.807) is 12.1 Å². The van der Waals surface area contributed by atoms with Gasteiger partial charge in [0.25, 0.3) is 10.1 Å². The van der Waals surface area contributed by atoms with Gasteiger partial charge in [-0.2, -0.15) is 8.42 Å². The summed E-state index contributed by atoms with van der Waals surface area (Å²) < 4.78 is 41.1. The minimum Gasteiger partial charge on any atom is -0.478 e. The fraction of sp³-hybridized carbons (Fsp3) is 0.480. The van der Waals surface area contributed by atoms with Crippen molar-refractivity contribution in [1.29, 1.82) is 0 Å². The molecule has 0 amide bonds. The maximum atomic E-state index is 12.4. The molecular formula is C25H32O6S. The molecule has 6 nitrogen and oxygen atoms in total. The van der Waals surface area contributed by atoms with Crippen LogP contribution in [0, 0.1) is 13.8 Å². The predicted octanol–water partition coefficient (Wildman–Crippen LogP) is 5.07. The first-order valence-corrected chi connectivity index (χ1v) is 12.5. The van der Waals surface area contributed by atoms with Gasteiger partial charge in [0, 0.05) is 6.42 Å². The molecule has 32 heavy (non-hydrogen) atoms. The average Bonchev–Trinajstić information content (AvgIpc) is 2.79. The maximum Gasteiger partial charge on any atom is 0.347 e. The molecule has 1 unspecified atom stereocenters. The second kappa shape index (κ2) is 11.0. The Balaban J connectivity index is 1.71. The zero-order valence-corrected chi connectivity index (χ0v) is 19.8. The van der Waals surface area contributed by atoms with Crippen LogP contribution in [-0.2, 0) is 23.8 Å².